The van der Waals surface area contributed by atoms with Gasteiger partial charge in [-0.1, -0.05) is 79.1 Å². The van der Waals surface area contributed by atoms with Crippen molar-refractivity contribution < 1.29 is 48.2 Å². The molecule has 0 aromatic rings. The number of aliphatic carboxylic acids is 1. The minimum absolute atomic E-state index is 0.0516. The van der Waals surface area contributed by atoms with Crippen molar-refractivity contribution in [1.82, 2.24) is 36.4 Å². The number of ether oxygens (including phenoxy) is 1. The highest BCUT2D eigenvalue weighted by molar-refractivity contribution is 5.96. The Morgan fingerprint density at radius 2 is 1.45 bits per heavy atom. The maximum absolute atomic E-state index is 14.1. The summed E-state index contributed by atoms with van der Waals surface area (Å²) in [5.41, 5.74) is 5.19. The number of carboxylic acid groups (broad SMARTS) is 1. The molecule has 6 atom stereocenters. The number of carboxylic acids is 1. The summed E-state index contributed by atoms with van der Waals surface area (Å²) in [5.74, 6) is -5.56. The fraction of sp³-hybridized carbons (Fsp3) is 0.810. The summed E-state index contributed by atoms with van der Waals surface area (Å²) >= 11 is 0. The topological polar surface area (TPSA) is 259 Å². The van der Waals surface area contributed by atoms with Crippen molar-refractivity contribution in [2.45, 2.75) is 168 Å². The van der Waals surface area contributed by atoms with Crippen LogP contribution in [0.15, 0.2) is 0 Å². The Morgan fingerprint density at radius 3 is 2.00 bits per heavy atom. The molecule has 0 aromatic heterocycles. The van der Waals surface area contributed by atoms with Crippen LogP contribution in [0.1, 0.15) is 132 Å². The number of hydrogen-bond donors (Lipinski definition) is 7. The molecule has 18 heteroatoms. The predicted octanol–water partition coefficient (Wildman–Crippen LogP) is 2.18. The van der Waals surface area contributed by atoms with Crippen LogP contribution in [0.25, 0.3) is 0 Å². The maximum atomic E-state index is 14.1. The molecule has 2 fully saturated rings. The van der Waals surface area contributed by atoms with Gasteiger partial charge in [-0.05, 0) is 64.7 Å². The van der Waals surface area contributed by atoms with Crippen LogP contribution in [0.2, 0.25) is 0 Å². The average molecular weight is 851 g/mol. The standard InChI is InChI=1S/C42H74N8O10/c1-9-10-11-12-14-17-27(4)40(58)49(8)32(22-26(2)3)38(56)48-34(28-18-15-13-16-19-28)39(57)46-29(23-43)36(54)47-30(35(53)45-25-33(51)52)24-44-37(55)31-20-21-50(31)41(59)60-42(5,6)7/h26-32,34H,9-25,43H2,1-8H3,(H,44,55)(H,45,53)(H,46,57)(H,47,54)(H,48,56)(H,51,52)/t27-,29+,30+,31?,32+,34+/m1/s1. The van der Waals surface area contributed by atoms with E-state index in [1.807, 2.05) is 20.8 Å². The number of amides is 7. The Bertz CT molecular complexity index is 1460. The summed E-state index contributed by atoms with van der Waals surface area (Å²) in [4.78, 5) is 108. The van der Waals surface area contributed by atoms with Gasteiger partial charge in [-0.3, -0.25) is 38.5 Å². The molecular formula is C42H74N8O10. The van der Waals surface area contributed by atoms with E-state index in [0.29, 0.717) is 32.1 Å². The highest BCUT2D eigenvalue weighted by atomic mass is 16.6. The second-order valence-electron chi connectivity index (χ2n) is 17.8. The lowest BCUT2D eigenvalue weighted by atomic mass is 9.83. The first-order chi connectivity index (χ1) is 28.2. The summed E-state index contributed by atoms with van der Waals surface area (Å²) in [6, 6.07) is -5.68. The fourth-order valence-corrected chi connectivity index (χ4v) is 7.46. The molecule has 7 amide bonds. The summed E-state index contributed by atoms with van der Waals surface area (Å²) in [6.45, 7) is 11.6. The number of nitrogens with two attached hydrogens (primary N) is 1. The first-order valence-corrected chi connectivity index (χ1v) is 21.8. The number of nitrogens with zero attached hydrogens (tertiary/aromatic N) is 2. The SMILES string of the molecule is CCCCCCC[C@@H](C)C(=O)N(C)[C@@H](CC(C)C)C(=O)N[C@H](C(=O)N[C@@H](CN)C(=O)N[C@@H](CNC(=O)C1CCN1C(=O)OC(C)(C)C)C(=O)NCC(=O)O)C1CCCCC1. The summed E-state index contributed by atoms with van der Waals surface area (Å²) in [6.07, 6.45) is 10.0. The molecule has 1 aliphatic heterocycles. The van der Waals surface area contributed by atoms with Crippen molar-refractivity contribution in [3.63, 3.8) is 0 Å². The summed E-state index contributed by atoms with van der Waals surface area (Å²) in [5, 5.41) is 21.9. The monoisotopic (exact) mass is 851 g/mol. The molecule has 0 spiro atoms. The third-order valence-corrected chi connectivity index (χ3v) is 11.0. The van der Waals surface area contributed by atoms with E-state index in [1.165, 1.54) is 9.80 Å². The zero-order valence-electron chi connectivity index (χ0n) is 37.2. The van der Waals surface area contributed by atoms with Gasteiger partial charge < -0.3 is 47.1 Å². The lowest BCUT2D eigenvalue weighted by Gasteiger charge is -2.40. The molecule has 2 aliphatic rings. The van der Waals surface area contributed by atoms with Crippen LogP contribution in [0.5, 0.6) is 0 Å². The molecule has 60 heavy (non-hydrogen) atoms. The molecule has 8 N–H and O–H groups in total. The van der Waals surface area contributed by atoms with Crippen LogP contribution < -0.4 is 32.3 Å². The van der Waals surface area contributed by atoms with Crippen LogP contribution in [0, 0.1) is 17.8 Å². The van der Waals surface area contributed by atoms with Crippen LogP contribution >= 0.6 is 0 Å². The van der Waals surface area contributed by atoms with Gasteiger partial charge in [0.25, 0.3) is 0 Å². The molecule has 342 valence electrons. The number of carbonyl (C=O) groups excluding carboxylic acids is 7. The van der Waals surface area contributed by atoms with Crippen molar-refractivity contribution in [2.75, 3.05) is 33.2 Å². The highest BCUT2D eigenvalue weighted by Gasteiger charge is 2.41. The number of likely N-dealkylation sites (tertiary alicyclic amines) is 1. The molecule has 2 rings (SSSR count). The van der Waals surface area contributed by atoms with Gasteiger partial charge in [0.15, 0.2) is 0 Å². The average Bonchev–Trinajstić information content (AvgIpc) is 3.16. The van der Waals surface area contributed by atoms with E-state index in [-0.39, 0.29) is 30.2 Å². The minimum atomic E-state index is -1.50. The maximum Gasteiger partial charge on any atom is 0.410 e. The van der Waals surface area contributed by atoms with Gasteiger partial charge in [0.2, 0.25) is 35.4 Å². The van der Waals surface area contributed by atoms with Crippen molar-refractivity contribution >= 4 is 47.5 Å². The van der Waals surface area contributed by atoms with Crippen molar-refractivity contribution in [2.24, 2.45) is 23.5 Å². The Hall–Kier alpha value is -4.48. The molecule has 1 unspecified atom stereocenters. The van der Waals surface area contributed by atoms with E-state index in [2.05, 4.69) is 33.5 Å². The normalized spacial score (nSPS) is 18.1. The van der Waals surface area contributed by atoms with E-state index in [9.17, 15) is 38.4 Å². The van der Waals surface area contributed by atoms with Crippen molar-refractivity contribution in [1.29, 1.82) is 0 Å². The van der Waals surface area contributed by atoms with E-state index >= 15 is 0 Å². The van der Waals surface area contributed by atoms with Gasteiger partial charge in [0.1, 0.15) is 42.4 Å². The van der Waals surface area contributed by atoms with E-state index in [1.54, 1.807) is 27.8 Å². The van der Waals surface area contributed by atoms with Gasteiger partial charge in [-0.15, -0.1) is 0 Å². The Morgan fingerprint density at radius 1 is 0.817 bits per heavy atom. The first-order valence-electron chi connectivity index (χ1n) is 21.8. The Labute approximate surface area is 355 Å². The van der Waals surface area contributed by atoms with Crippen LogP contribution in [-0.2, 0) is 38.3 Å². The number of rotatable bonds is 24. The third kappa shape index (κ3) is 17.2. The van der Waals surface area contributed by atoms with Crippen LogP contribution in [0.4, 0.5) is 4.79 Å². The van der Waals surface area contributed by atoms with E-state index in [4.69, 9.17) is 15.6 Å². The fourth-order valence-electron chi connectivity index (χ4n) is 7.46. The molecule has 1 saturated carbocycles. The molecule has 1 saturated heterocycles. The molecule has 1 heterocycles. The Balaban J connectivity index is 2.23. The molecule has 0 radical (unpaired) electrons. The van der Waals surface area contributed by atoms with Crippen molar-refractivity contribution in [3.8, 4) is 0 Å². The summed E-state index contributed by atoms with van der Waals surface area (Å²) in [7, 11) is 1.63. The zero-order valence-corrected chi connectivity index (χ0v) is 37.2. The second kappa shape index (κ2) is 25.3. The Kier molecular flexibility index (Phi) is 21.8. The van der Waals surface area contributed by atoms with Crippen LogP contribution in [0.3, 0.4) is 0 Å². The lowest BCUT2D eigenvalue weighted by molar-refractivity contribution is -0.143. The van der Waals surface area contributed by atoms with Gasteiger partial charge in [0, 0.05) is 32.6 Å². The number of carbonyl (C=O) groups is 8. The third-order valence-electron chi connectivity index (χ3n) is 11.0. The summed E-state index contributed by atoms with van der Waals surface area (Å²) < 4.78 is 5.36. The van der Waals surface area contributed by atoms with Crippen molar-refractivity contribution in [3.05, 3.63) is 0 Å². The lowest BCUT2D eigenvalue weighted by Crippen LogP contribution is -2.63. The molecule has 0 bridgehead atoms. The molecule has 18 nitrogen and oxygen atoms in total. The molecule has 1 aliphatic carbocycles. The number of likely N-dealkylation sites (N-methyl/N-ethyl adjacent to an activating group) is 1. The minimum Gasteiger partial charge on any atom is -0.480 e. The second-order valence-corrected chi connectivity index (χ2v) is 17.8. The first kappa shape index (κ1) is 51.7. The molecule has 0 aromatic carbocycles. The highest BCUT2D eigenvalue weighted by Crippen LogP contribution is 2.28. The quantitative estimate of drug-likeness (QED) is 0.0693. The number of nitrogens with one attached hydrogen (secondary N) is 5. The number of hydrogen-bond acceptors (Lipinski definition) is 10. The predicted molar refractivity (Wildman–Crippen MR) is 225 cm³/mol. The van der Waals surface area contributed by atoms with E-state index < -0.39 is 97.0 Å². The largest absolute Gasteiger partial charge is 0.480 e. The number of unbranched alkanes of at least 4 members (excludes halogenated alkanes) is 4. The van der Waals surface area contributed by atoms with Gasteiger partial charge >= 0.3 is 12.1 Å². The van der Waals surface area contributed by atoms with Crippen LogP contribution in [-0.4, -0.2) is 131 Å². The smallest absolute Gasteiger partial charge is 0.410 e. The van der Waals surface area contributed by atoms with Gasteiger partial charge in [-0.25, -0.2) is 4.79 Å². The zero-order chi connectivity index (χ0) is 45.2. The van der Waals surface area contributed by atoms with Gasteiger partial charge in [-0.2, -0.15) is 0 Å². The van der Waals surface area contributed by atoms with E-state index in [0.717, 1.165) is 51.4 Å². The molecular weight excluding hydrogens is 777 g/mol. The van der Waals surface area contributed by atoms with Gasteiger partial charge in [0.05, 0.1) is 0 Å².